The number of amides is 1. The zero-order valence-electron chi connectivity index (χ0n) is 23.9. The van der Waals surface area contributed by atoms with Crippen molar-refractivity contribution in [3.8, 4) is 11.5 Å². The number of carbonyl (C=O) groups is 2. The zero-order valence-corrected chi connectivity index (χ0v) is 23.9. The van der Waals surface area contributed by atoms with Crippen LogP contribution < -0.4 is 20.5 Å². The fourth-order valence-electron chi connectivity index (χ4n) is 5.57. The molecule has 0 atom stereocenters. The van der Waals surface area contributed by atoms with Gasteiger partial charge in [0.2, 0.25) is 0 Å². The van der Waals surface area contributed by atoms with Gasteiger partial charge < -0.3 is 30.0 Å². The van der Waals surface area contributed by atoms with Crippen LogP contribution in [-0.2, 0) is 11.8 Å². The second-order valence-corrected chi connectivity index (χ2v) is 10.3. The van der Waals surface area contributed by atoms with Crippen molar-refractivity contribution in [3.63, 3.8) is 0 Å². The molecule has 212 valence electrons. The van der Waals surface area contributed by atoms with Crippen LogP contribution in [0.25, 0.3) is 16.6 Å². The Labute approximate surface area is 239 Å². The van der Waals surface area contributed by atoms with Crippen LogP contribution in [0.15, 0.2) is 77.8 Å². The number of hydrogen-bond donors (Lipinski definition) is 2. The van der Waals surface area contributed by atoms with Crippen LogP contribution in [0.5, 0.6) is 11.5 Å². The van der Waals surface area contributed by atoms with E-state index in [1.54, 1.807) is 32.6 Å². The molecule has 1 aliphatic heterocycles. The number of ketones is 1. The normalized spacial score (nSPS) is 16.9. The van der Waals surface area contributed by atoms with Crippen LogP contribution in [0, 0.1) is 5.92 Å². The fraction of sp³-hybridized carbons (Fsp3) is 0.281. The van der Waals surface area contributed by atoms with Crippen LogP contribution in [-0.4, -0.2) is 41.1 Å². The molecule has 5 rings (SSSR count). The van der Waals surface area contributed by atoms with E-state index in [1.807, 2.05) is 60.0 Å². The minimum atomic E-state index is -0.281. The van der Waals surface area contributed by atoms with Crippen molar-refractivity contribution in [1.29, 1.82) is 0 Å². The van der Waals surface area contributed by atoms with Gasteiger partial charge in [-0.3, -0.25) is 14.6 Å². The smallest absolute Gasteiger partial charge is 0.272 e. The van der Waals surface area contributed by atoms with Gasteiger partial charge in [-0.05, 0) is 56.0 Å². The van der Waals surface area contributed by atoms with Crippen molar-refractivity contribution in [3.05, 3.63) is 84.1 Å². The topological polar surface area (TPSA) is 111 Å². The molecule has 41 heavy (non-hydrogen) atoms. The van der Waals surface area contributed by atoms with Crippen molar-refractivity contribution >= 4 is 39.7 Å². The number of methoxy groups -OCH3 is 2. The molecule has 1 fully saturated rings. The maximum atomic E-state index is 13.3. The van der Waals surface area contributed by atoms with Gasteiger partial charge in [-0.2, -0.15) is 0 Å². The predicted octanol–water partition coefficient (Wildman–Crippen LogP) is 5.60. The number of nitrogens with one attached hydrogen (secondary N) is 1. The Kier molecular flexibility index (Phi) is 7.70. The summed E-state index contributed by atoms with van der Waals surface area (Å²) >= 11 is 0. The van der Waals surface area contributed by atoms with E-state index in [0.29, 0.717) is 52.8 Å². The van der Waals surface area contributed by atoms with Crippen LogP contribution in [0.3, 0.4) is 0 Å². The number of rotatable bonds is 7. The number of nitrogens with zero attached hydrogens (tertiary/aromatic N) is 3. The first-order valence-corrected chi connectivity index (χ1v) is 13.6. The van der Waals surface area contributed by atoms with Gasteiger partial charge in [-0.1, -0.05) is 18.7 Å². The monoisotopic (exact) mass is 553 g/mol. The third-order valence-electron chi connectivity index (χ3n) is 7.91. The van der Waals surface area contributed by atoms with Gasteiger partial charge in [-0.25, -0.2) is 0 Å². The summed E-state index contributed by atoms with van der Waals surface area (Å²) in [5.41, 5.74) is 12.2. The fourth-order valence-corrected chi connectivity index (χ4v) is 5.57. The number of fused-ring (bicyclic) bond motifs is 1. The Bertz CT molecular complexity index is 1630. The number of carbonyl (C=O) groups excluding carboxylic acids is 2. The molecule has 9 heteroatoms. The second-order valence-electron chi connectivity index (χ2n) is 10.3. The lowest BCUT2D eigenvalue weighted by Gasteiger charge is -2.34. The molecule has 0 saturated heterocycles. The Morgan fingerprint density at radius 1 is 1.10 bits per heavy atom. The quantitative estimate of drug-likeness (QED) is 0.394. The third-order valence-corrected chi connectivity index (χ3v) is 7.91. The highest BCUT2D eigenvalue weighted by atomic mass is 16.5. The van der Waals surface area contributed by atoms with E-state index in [2.05, 4.69) is 16.9 Å². The first-order chi connectivity index (χ1) is 19.7. The van der Waals surface area contributed by atoms with Crippen molar-refractivity contribution < 1.29 is 19.1 Å². The summed E-state index contributed by atoms with van der Waals surface area (Å²) in [6.45, 7) is 6.27. The number of allylic oxidation sites excluding steroid dienone is 2. The van der Waals surface area contributed by atoms with Gasteiger partial charge in [0.05, 0.1) is 42.5 Å². The number of ether oxygens (including phenoxy) is 2. The number of nitrogens with two attached hydrogens (primary N) is 1. The Morgan fingerprint density at radius 3 is 2.54 bits per heavy atom. The van der Waals surface area contributed by atoms with Crippen LogP contribution in [0.2, 0.25) is 0 Å². The van der Waals surface area contributed by atoms with Gasteiger partial charge in [0.1, 0.15) is 23.0 Å². The molecular weight excluding hydrogens is 518 g/mol. The van der Waals surface area contributed by atoms with Crippen molar-refractivity contribution in [1.82, 2.24) is 9.47 Å². The summed E-state index contributed by atoms with van der Waals surface area (Å²) in [5.74, 6) is 1.38. The number of hydrogen-bond acceptors (Lipinski definition) is 7. The average Bonchev–Trinajstić information content (AvgIpc) is 3.33. The number of benzene rings is 2. The largest absolute Gasteiger partial charge is 0.496 e. The molecule has 3 aromatic rings. The highest BCUT2D eigenvalue weighted by Crippen LogP contribution is 2.36. The molecule has 0 bridgehead atoms. The molecule has 2 aliphatic rings. The molecule has 9 nitrogen and oxygen atoms in total. The molecule has 0 unspecified atom stereocenters. The summed E-state index contributed by atoms with van der Waals surface area (Å²) in [5, 5.41) is 3.83. The van der Waals surface area contributed by atoms with Gasteiger partial charge in [-0.15, -0.1) is 0 Å². The molecule has 0 radical (unpaired) electrons. The SMILES string of the molecule is C=C(C1CCC(=O)CC1)N1C=CN=C(C)/C1=C(/N)c1ccc(NC(=O)c2cc3c(OC)cccc3n2C)c(OC)c1. The third kappa shape index (κ3) is 5.23. The van der Waals surface area contributed by atoms with Crippen LogP contribution >= 0.6 is 0 Å². The van der Waals surface area contributed by atoms with E-state index < -0.39 is 0 Å². The van der Waals surface area contributed by atoms with E-state index in [9.17, 15) is 9.59 Å². The van der Waals surface area contributed by atoms with E-state index >= 15 is 0 Å². The van der Waals surface area contributed by atoms with Gasteiger partial charge in [0, 0.05) is 48.9 Å². The summed E-state index contributed by atoms with van der Waals surface area (Å²) in [4.78, 5) is 31.6. The maximum absolute atomic E-state index is 13.3. The number of aliphatic imine (C=N–C) groups is 1. The van der Waals surface area contributed by atoms with E-state index in [-0.39, 0.29) is 11.8 Å². The second kappa shape index (κ2) is 11.4. The predicted molar refractivity (Wildman–Crippen MR) is 162 cm³/mol. The maximum Gasteiger partial charge on any atom is 0.272 e. The number of aromatic nitrogens is 1. The summed E-state index contributed by atoms with van der Waals surface area (Å²) < 4.78 is 13.0. The highest BCUT2D eigenvalue weighted by molar-refractivity contribution is 6.08. The molecule has 1 amide bonds. The average molecular weight is 554 g/mol. The van der Waals surface area contributed by atoms with E-state index in [0.717, 1.165) is 40.9 Å². The molecule has 2 heterocycles. The molecule has 1 aromatic heterocycles. The first-order valence-electron chi connectivity index (χ1n) is 13.6. The summed E-state index contributed by atoms with van der Waals surface area (Å²) in [6, 6.07) is 12.9. The number of anilines is 1. The van der Waals surface area contributed by atoms with Crippen molar-refractivity contribution in [2.45, 2.75) is 32.6 Å². The molecule has 1 aliphatic carbocycles. The lowest BCUT2D eigenvalue weighted by molar-refractivity contribution is -0.120. The van der Waals surface area contributed by atoms with Crippen molar-refractivity contribution in [2.75, 3.05) is 19.5 Å². The number of aryl methyl sites for hydroxylation is 1. The molecular formula is C32H35N5O4. The van der Waals surface area contributed by atoms with Crippen LogP contribution in [0.1, 0.15) is 48.7 Å². The van der Waals surface area contributed by atoms with E-state index in [1.165, 1.54) is 0 Å². The van der Waals surface area contributed by atoms with Gasteiger partial charge in [0.25, 0.3) is 5.91 Å². The molecule has 0 spiro atoms. The lowest BCUT2D eigenvalue weighted by Crippen LogP contribution is -2.30. The minimum absolute atomic E-state index is 0.187. The molecule has 2 aromatic carbocycles. The van der Waals surface area contributed by atoms with Gasteiger partial charge in [0.15, 0.2) is 0 Å². The highest BCUT2D eigenvalue weighted by Gasteiger charge is 2.28. The lowest BCUT2D eigenvalue weighted by atomic mass is 9.85. The Hall–Kier alpha value is -4.79. The van der Waals surface area contributed by atoms with Gasteiger partial charge >= 0.3 is 0 Å². The van der Waals surface area contributed by atoms with Crippen molar-refractivity contribution in [2.24, 2.45) is 23.7 Å². The molecule has 1 saturated carbocycles. The van der Waals surface area contributed by atoms with Crippen LogP contribution in [0.4, 0.5) is 5.69 Å². The zero-order chi connectivity index (χ0) is 29.3. The minimum Gasteiger partial charge on any atom is -0.496 e. The first kappa shape index (κ1) is 27.8. The Morgan fingerprint density at radius 2 is 1.83 bits per heavy atom. The standard InChI is InChI=1S/C32H35N5O4/c1-19-31(37(16-15-34-19)20(2)21-9-12-23(38)13-10-21)30(33)22-11-14-25(29(17-22)41-5)35-32(39)27-18-24-26(36(27)3)7-6-8-28(24)40-4/h6-8,11,14-18,21H,2,9-10,12-13,33H2,1,3-5H3,(H,35,39)/b31-30-. The Balaban J connectivity index is 1.44. The molecule has 3 N–H and O–H groups in total. The summed E-state index contributed by atoms with van der Waals surface area (Å²) in [6.07, 6.45) is 6.28. The number of Topliss-reactive ketones (excluding diaryl/α,β-unsaturated/α-hetero) is 1. The summed E-state index contributed by atoms with van der Waals surface area (Å²) in [7, 11) is 5.00. The van der Waals surface area contributed by atoms with E-state index in [4.69, 9.17) is 15.2 Å².